The summed E-state index contributed by atoms with van der Waals surface area (Å²) < 4.78 is 10.6. The molecule has 0 fully saturated rings. The van der Waals surface area contributed by atoms with Gasteiger partial charge in [0.05, 0.1) is 5.56 Å². The fraction of sp³-hybridized carbons (Fsp3) is 0.0769. The van der Waals surface area contributed by atoms with E-state index in [1.54, 1.807) is 24.3 Å². The highest BCUT2D eigenvalue weighted by molar-refractivity contribution is 5.93. The molecule has 20 heavy (non-hydrogen) atoms. The Bertz CT molecular complexity index is 619. The maximum Gasteiger partial charge on any atom is 0.268 e. The molecule has 7 heteroatoms. The van der Waals surface area contributed by atoms with E-state index in [1.807, 2.05) is 5.43 Å². The molecule has 7 nitrogen and oxygen atoms in total. The van der Waals surface area contributed by atoms with Gasteiger partial charge in [-0.2, -0.15) is 0 Å². The van der Waals surface area contributed by atoms with E-state index in [-0.39, 0.29) is 6.61 Å². The molecule has 104 valence electrons. The Kier molecular flexibility index (Phi) is 4.02. The molecule has 1 heterocycles. The van der Waals surface area contributed by atoms with E-state index < -0.39 is 11.8 Å². The lowest BCUT2D eigenvalue weighted by atomic mass is 10.2. The number of nitrogens with two attached hydrogens (primary N) is 2. The zero-order valence-corrected chi connectivity index (χ0v) is 10.5. The largest absolute Gasteiger partial charge is 0.486 e. The summed E-state index contributed by atoms with van der Waals surface area (Å²) in [7, 11) is 0. The van der Waals surface area contributed by atoms with E-state index >= 15 is 0 Å². The molecule has 0 spiro atoms. The second kappa shape index (κ2) is 5.89. The van der Waals surface area contributed by atoms with Gasteiger partial charge in [0.2, 0.25) is 5.91 Å². The fourth-order valence-electron chi connectivity index (χ4n) is 1.53. The molecular weight excluding hydrogens is 262 g/mol. The van der Waals surface area contributed by atoms with Crippen molar-refractivity contribution in [2.24, 2.45) is 11.6 Å². The zero-order chi connectivity index (χ0) is 14.5. The van der Waals surface area contributed by atoms with Crippen LogP contribution in [0.3, 0.4) is 0 Å². The van der Waals surface area contributed by atoms with E-state index in [2.05, 4.69) is 0 Å². The van der Waals surface area contributed by atoms with Crippen molar-refractivity contribution in [3.05, 3.63) is 53.5 Å². The van der Waals surface area contributed by atoms with Crippen LogP contribution in [-0.2, 0) is 6.61 Å². The van der Waals surface area contributed by atoms with E-state index in [0.29, 0.717) is 22.6 Å². The molecule has 0 aliphatic rings. The third-order valence-electron chi connectivity index (χ3n) is 2.57. The van der Waals surface area contributed by atoms with Crippen LogP contribution in [-0.4, -0.2) is 11.8 Å². The van der Waals surface area contributed by atoms with Gasteiger partial charge in [0.15, 0.2) is 0 Å². The van der Waals surface area contributed by atoms with Crippen molar-refractivity contribution in [2.45, 2.75) is 6.61 Å². The van der Waals surface area contributed by atoms with Crippen molar-refractivity contribution in [3.63, 3.8) is 0 Å². The second-order valence-electron chi connectivity index (χ2n) is 3.95. The summed E-state index contributed by atoms with van der Waals surface area (Å²) in [5, 5.41) is 0. The summed E-state index contributed by atoms with van der Waals surface area (Å²) in [6, 6.07) is 7.90. The van der Waals surface area contributed by atoms with E-state index in [4.69, 9.17) is 20.7 Å². The Labute approximate surface area is 114 Å². The Morgan fingerprint density at radius 3 is 2.50 bits per heavy atom. The number of rotatable bonds is 5. The lowest BCUT2D eigenvalue weighted by Crippen LogP contribution is -2.29. The van der Waals surface area contributed by atoms with Crippen LogP contribution in [0.4, 0.5) is 0 Å². The summed E-state index contributed by atoms with van der Waals surface area (Å²) >= 11 is 0. The fourth-order valence-corrected chi connectivity index (χ4v) is 1.53. The number of benzene rings is 1. The Morgan fingerprint density at radius 2 is 1.90 bits per heavy atom. The van der Waals surface area contributed by atoms with Crippen molar-refractivity contribution in [3.8, 4) is 5.75 Å². The van der Waals surface area contributed by atoms with Crippen molar-refractivity contribution >= 4 is 11.8 Å². The highest BCUT2D eigenvalue weighted by atomic mass is 16.5. The molecule has 0 bridgehead atoms. The predicted octanol–water partition coefficient (Wildman–Crippen LogP) is 0.561. The van der Waals surface area contributed by atoms with Crippen LogP contribution in [0.1, 0.15) is 26.5 Å². The van der Waals surface area contributed by atoms with Crippen LogP contribution >= 0.6 is 0 Å². The summed E-state index contributed by atoms with van der Waals surface area (Å²) in [6.45, 7) is 0.147. The average molecular weight is 275 g/mol. The number of hydrogen-bond acceptors (Lipinski definition) is 5. The highest BCUT2D eigenvalue weighted by Crippen LogP contribution is 2.15. The molecule has 1 aromatic heterocycles. The van der Waals surface area contributed by atoms with Crippen LogP contribution < -0.4 is 21.7 Å². The molecular formula is C13H13N3O4. The number of carbonyl (C=O) groups excluding carboxylic acids is 2. The van der Waals surface area contributed by atoms with Crippen LogP contribution in [0, 0.1) is 0 Å². The van der Waals surface area contributed by atoms with Gasteiger partial charge in [-0.3, -0.25) is 15.0 Å². The molecule has 0 saturated carbocycles. The molecule has 2 rings (SSSR count). The molecule has 0 radical (unpaired) electrons. The first-order chi connectivity index (χ1) is 9.60. The van der Waals surface area contributed by atoms with Crippen molar-refractivity contribution in [1.29, 1.82) is 0 Å². The van der Waals surface area contributed by atoms with Crippen LogP contribution in [0.2, 0.25) is 0 Å². The van der Waals surface area contributed by atoms with Gasteiger partial charge in [0.1, 0.15) is 24.4 Å². The average Bonchev–Trinajstić information content (AvgIpc) is 2.93. The number of hydrazine groups is 1. The third-order valence-corrected chi connectivity index (χ3v) is 2.57. The number of nitrogen functional groups attached to an aromatic ring is 1. The van der Waals surface area contributed by atoms with Crippen LogP contribution in [0.15, 0.2) is 41.0 Å². The molecule has 0 aliphatic heterocycles. The highest BCUT2D eigenvalue weighted by Gasteiger charge is 2.09. The number of carbonyl (C=O) groups is 2. The second-order valence-corrected chi connectivity index (χ2v) is 3.95. The van der Waals surface area contributed by atoms with Crippen molar-refractivity contribution < 1.29 is 18.7 Å². The van der Waals surface area contributed by atoms with E-state index in [0.717, 1.165) is 0 Å². The molecule has 0 saturated heterocycles. The van der Waals surface area contributed by atoms with Gasteiger partial charge in [0.25, 0.3) is 5.91 Å². The molecule has 5 N–H and O–H groups in total. The Morgan fingerprint density at radius 1 is 1.20 bits per heavy atom. The summed E-state index contributed by atoms with van der Waals surface area (Å²) in [4.78, 5) is 22.1. The van der Waals surface area contributed by atoms with Gasteiger partial charge < -0.3 is 14.9 Å². The molecule has 2 amide bonds. The van der Waals surface area contributed by atoms with E-state index in [9.17, 15) is 9.59 Å². The SMILES string of the molecule is NNC(=O)c1coc(COc2ccc(C(N)=O)cc2)c1. The molecule has 0 aliphatic carbocycles. The Hall–Kier alpha value is -2.80. The maximum absolute atomic E-state index is 11.2. The normalized spacial score (nSPS) is 10.1. The minimum Gasteiger partial charge on any atom is -0.486 e. The predicted molar refractivity (Wildman–Crippen MR) is 69.7 cm³/mol. The number of amides is 2. The van der Waals surface area contributed by atoms with Crippen LogP contribution in [0.25, 0.3) is 0 Å². The number of ether oxygens (including phenoxy) is 1. The van der Waals surface area contributed by atoms with Gasteiger partial charge in [-0.25, -0.2) is 5.84 Å². The Balaban J connectivity index is 1.96. The summed E-state index contributed by atoms with van der Waals surface area (Å²) in [6.07, 6.45) is 1.29. The summed E-state index contributed by atoms with van der Waals surface area (Å²) in [5.74, 6) is 5.09. The first-order valence-electron chi connectivity index (χ1n) is 5.71. The zero-order valence-electron chi connectivity index (χ0n) is 10.5. The topological polar surface area (TPSA) is 121 Å². The standard InChI is InChI=1S/C13H13N3O4/c14-12(17)8-1-3-10(4-2-8)20-7-11-5-9(6-19-11)13(18)16-15/h1-6H,7,15H2,(H2,14,17)(H,16,18). The first kappa shape index (κ1) is 13.6. The molecule has 1 aromatic carbocycles. The number of primary amides is 1. The van der Waals surface area contributed by atoms with Crippen LogP contribution in [0.5, 0.6) is 5.75 Å². The quantitative estimate of drug-likeness (QED) is 0.418. The minimum atomic E-state index is -0.500. The monoisotopic (exact) mass is 275 g/mol. The third kappa shape index (κ3) is 3.15. The number of hydrogen-bond donors (Lipinski definition) is 3. The lowest BCUT2D eigenvalue weighted by molar-refractivity contribution is 0.0951. The maximum atomic E-state index is 11.2. The van der Waals surface area contributed by atoms with Gasteiger partial charge in [-0.15, -0.1) is 0 Å². The van der Waals surface area contributed by atoms with Crippen molar-refractivity contribution in [2.75, 3.05) is 0 Å². The van der Waals surface area contributed by atoms with Gasteiger partial charge in [-0.1, -0.05) is 0 Å². The summed E-state index contributed by atoms with van der Waals surface area (Å²) in [5.41, 5.74) is 7.85. The van der Waals surface area contributed by atoms with E-state index in [1.165, 1.54) is 12.3 Å². The first-order valence-corrected chi connectivity index (χ1v) is 5.71. The van der Waals surface area contributed by atoms with Crippen molar-refractivity contribution in [1.82, 2.24) is 5.43 Å². The van der Waals surface area contributed by atoms with Gasteiger partial charge >= 0.3 is 0 Å². The minimum absolute atomic E-state index is 0.147. The molecule has 0 unspecified atom stereocenters. The molecule has 2 aromatic rings. The lowest BCUT2D eigenvalue weighted by Gasteiger charge is -2.04. The van der Waals surface area contributed by atoms with Gasteiger partial charge in [0, 0.05) is 5.56 Å². The number of furan rings is 1. The number of nitrogens with one attached hydrogen (secondary N) is 1. The smallest absolute Gasteiger partial charge is 0.268 e. The van der Waals surface area contributed by atoms with Gasteiger partial charge in [-0.05, 0) is 30.3 Å². The molecule has 0 atom stereocenters.